The number of halogens is 1. The maximum absolute atomic E-state index is 13.1. The van der Waals surface area contributed by atoms with Crippen LogP contribution in [0.4, 0.5) is 16.2 Å². The number of carbonyl (C=O) groups excluding carboxylic acids is 3. The number of aromatic nitrogens is 1. The number of urea groups is 1. The number of nitrogens with zero attached hydrogens (tertiary/aromatic N) is 4. The molecule has 1 aromatic heterocycles. The number of nitrogens with one attached hydrogen (secondary N) is 2. The molecule has 3 heterocycles. The Morgan fingerprint density at radius 3 is 2.42 bits per heavy atom. The molecule has 3 aromatic carbocycles. The second-order valence-corrected chi connectivity index (χ2v) is 13.2. The van der Waals surface area contributed by atoms with Gasteiger partial charge in [0.05, 0.1) is 27.9 Å². The summed E-state index contributed by atoms with van der Waals surface area (Å²) in [5, 5.41) is 16.1. The van der Waals surface area contributed by atoms with E-state index in [-0.39, 0.29) is 30.0 Å². The zero-order valence-corrected chi connectivity index (χ0v) is 27.3. The number of rotatable bonds is 7. The smallest absolute Gasteiger partial charge is 0.328 e. The molecule has 1 saturated carbocycles. The molecule has 48 heavy (non-hydrogen) atoms. The zero-order chi connectivity index (χ0) is 33.2. The Morgan fingerprint density at radius 2 is 1.71 bits per heavy atom. The lowest BCUT2D eigenvalue weighted by Crippen LogP contribution is -2.49. The van der Waals surface area contributed by atoms with Gasteiger partial charge in [0.25, 0.3) is 5.91 Å². The average molecular weight is 665 g/mol. The summed E-state index contributed by atoms with van der Waals surface area (Å²) < 4.78 is 8.41. The molecule has 0 unspecified atom stereocenters. The lowest BCUT2D eigenvalue weighted by atomic mass is 9.92. The van der Waals surface area contributed by atoms with Gasteiger partial charge in [-0.1, -0.05) is 17.7 Å². The van der Waals surface area contributed by atoms with Crippen molar-refractivity contribution in [1.29, 1.82) is 5.26 Å². The molecule has 0 spiro atoms. The molecule has 4 aromatic rings. The van der Waals surface area contributed by atoms with Crippen molar-refractivity contribution < 1.29 is 19.1 Å². The summed E-state index contributed by atoms with van der Waals surface area (Å²) in [6, 6.07) is 23.2. The van der Waals surface area contributed by atoms with Crippen molar-refractivity contribution >= 4 is 51.7 Å². The number of nitriles is 1. The first-order valence-electron chi connectivity index (χ1n) is 16.6. The monoisotopic (exact) mass is 664 g/mol. The maximum atomic E-state index is 13.1. The predicted octanol–water partition coefficient (Wildman–Crippen LogP) is 6.57. The number of benzene rings is 3. The fourth-order valence-corrected chi connectivity index (χ4v) is 7.40. The number of fused-ring (bicyclic) bond motifs is 1. The van der Waals surface area contributed by atoms with Crippen LogP contribution in [-0.4, -0.2) is 54.2 Å². The Bertz CT molecular complexity index is 1880. The lowest BCUT2D eigenvalue weighted by molar-refractivity contribution is -0.120. The molecule has 11 heteroatoms. The summed E-state index contributed by atoms with van der Waals surface area (Å²) >= 11 is 6.14. The molecule has 3 aliphatic rings. The highest BCUT2D eigenvalue weighted by atomic mass is 35.5. The minimum absolute atomic E-state index is 0.0510. The van der Waals surface area contributed by atoms with Gasteiger partial charge in [-0.05, 0) is 93.1 Å². The third-order valence-electron chi connectivity index (χ3n) is 9.81. The first kappa shape index (κ1) is 31.6. The van der Waals surface area contributed by atoms with Crippen LogP contribution in [0.15, 0.2) is 72.9 Å². The summed E-state index contributed by atoms with van der Waals surface area (Å²) in [5.41, 5.74) is 4.10. The van der Waals surface area contributed by atoms with E-state index in [0.717, 1.165) is 73.9 Å². The molecule has 0 atom stereocenters. The Morgan fingerprint density at radius 1 is 0.938 bits per heavy atom. The van der Waals surface area contributed by atoms with Gasteiger partial charge in [-0.2, -0.15) is 5.26 Å². The Balaban J connectivity index is 0.904. The average Bonchev–Trinajstić information content (AvgIpc) is 3.54. The summed E-state index contributed by atoms with van der Waals surface area (Å²) in [4.78, 5) is 41.2. The van der Waals surface area contributed by atoms with Crippen molar-refractivity contribution in [3.8, 4) is 11.8 Å². The molecular weight excluding hydrogens is 628 g/mol. The summed E-state index contributed by atoms with van der Waals surface area (Å²) in [6.07, 6.45) is 7.72. The van der Waals surface area contributed by atoms with Crippen molar-refractivity contribution in [1.82, 2.24) is 15.2 Å². The van der Waals surface area contributed by atoms with Crippen molar-refractivity contribution in [2.45, 2.75) is 63.1 Å². The molecular formula is C37H37ClN6O4. The largest absolute Gasteiger partial charge is 0.490 e. The summed E-state index contributed by atoms with van der Waals surface area (Å²) in [6.45, 7) is 2.17. The van der Waals surface area contributed by atoms with Crippen LogP contribution >= 0.6 is 11.6 Å². The van der Waals surface area contributed by atoms with E-state index in [2.05, 4.69) is 44.5 Å². The van der Waals surface area contributed by atoms with Crippen molar-refractivity contribution in [3.05, 3.63) is 89.1 Å². The molecule has 7 rings (SSSR count). The molecule has 1 aliphatic carbocycles. The molecule has 4 amide bonds. The number of hydrogen-bond acceptors (Lipinski definition) is 6. The van der Waals surface area contributed by atoms with Crippen LogP contribution in [-0.2, 0) is 4.79 Å². The molecule has 3 fully saturated rings. The van der Waals surface area contributed by atoms with Crippen LogP contribution in [0.2, 0.25) is 5.02 Å². The van der Waals surface area contributed by atoms with E-state index >= 15 is 0 Å². The van der Waals surface area contributed by atoms with Gasteiger partial charge < -0.3 is 19.5 Å². The Hall–Kier alpha value is -5.01. The SMILES string of the molecule is N#Cc1ccc(O[C@H]2CC[C@H](NC(=O)c3ccc(N4CCC(n5ccc6c(N7CCC(=O)NC7=O)cccc65)CC4)cc3)CC2)cc1Cl. The van der Waals surface area contributed by atoms with E-state index < -0.39 is 0 Å². The first-order valence-corrected chi connectivity index (χ1v) is 17.0. The summed E-state index contributed by atoms with van der Waals surface area (Å²) in [5.74, 6) is 0.365. The van der Waals surface area contributed by atoms with Gasteiger partial charge in [-0.25, -0.2) is 4.79 Å². The second-order valence-electron chi connectivity index (χ2n) is 12.8. The third kappa shape index (κ3) is 6.56. The second kappa shape index (κ2) is 13.6. The molecule has 0 bridgehead atoms. The van der Waals surface area contributed by atoms with Crippen molar-refractivity contribution in [2.75, 3.05) is 29.4 Å². The topological polar surface area (TPSA) is 120 Å². The standard InChI is InChI=1S/C37H37ClN6O4/c38-32-22-30(11-6-25(32)23-39)48-29-12-7-26(8-13-29)40-36(46)24-4-9-27(10-5-24)42-18-14-28(15-19-42)43-20-16-31-33(43)2-1-3-34(31)44-21-17-35(45)41-37(44)47/h1-6,9-11,16,20,22,26,28-29H,7-8,12-15,17-19,21H2,(H,40,46)(H,41,45,47)/t26-,29-. The van der Waals surface area contributed by atoms with Gasteiger partial charge in [0.15, 0.2) is 0 Å². The van der Waals surface area contributed by atoms with Crippen LogP contribution in [0.3, 0.4) is 0 Å². The quantitative estimate of drug-likeness (QED) is 0.231. The molecule has 2 aliphatic heterocycles. The fraction of sp³-hybridized carbons (Fsp3) is 0.351. The van der Waals surface area contributed by atoms with Crippen LogP contribution in [0, 0.1) is 11.3 Å². The highest BCUT2D eigenvalue weighted by molar-refractivity contribution is 6.31. The van der Waals surface area contributed by atoms with Crippen LogP contribution in [0.25, 0.3) is 10.9 Å². The van der Waals surface area contributed by atoms with E-state index in [0.29, 0.717) is 40.9 Å². The zero-order valence-electron chi connectivity index (χ0n) is 26.5. The fourth-order valence-electron chi connectivity index (χ4n) is 7.19. The highest BCUT2D eigenvalue weighted by Gasteiger charge is 2.28. The molecule has 10 nitrogen and oxygen atoms in total. The van der Waals surface area contributed by atoms with Crippen molar-refractivity contribution in [2.24, 2.45) is 0 Å². The molecule has 2 N–H and O–H groups in total. The normalized spacial score (nSPS) is 20.3. The number of imide groups is 1. The van der Waals surface area contributed by atoms with Gasteiger partial charge >= 0.3 is 6.03 Å². The highest BCUT2D eigenvalue weighted by Crippen LogP contribution is 2.34. The van der Waals surface area contributed by atoms with Crippen LogP contribution in [0.5, 0.6) is 5.75 Å². The Labute approximate surface area is 284 Å². The number of hydrogen-bond donors (Lipinski definition) is 2. The maximum Gasteiger partial charge on any atom is 0.328 e. The van der Waals surface area contributed by atoms with E-state index in [1.165, 1.54) is 0 Å². The molecule has 0 radical (unpaired) electrons. The van der Waals surface area contributed by atoms with Gasteiger partial charge in [0, 0.05) is 67.0 Å². The first-order chi connectivity index (χ1) is 23.4. The van der Waals surface area contributed by atoms with Crippen molar-refractivity contribution in [3.63, 3.8) is 0 Å². The van der Waals surface area contributed by atoms with Gasteiger partial charge in [0.1, 0.15) is 11.8 Å². The minimum Gasteiger partial charge on any atom is -0.490 e. The number of anilines is 2. The van der Waals surface area contributed by atoms with Gasteiger partial charge in [0.2, 0.25) is 5.91 Å². The van der Waals surface area contributed by atoms with Gasteiger partial charge in [-0.3, -0.25) is 19.8 Å². The number of amides is 4. The van der Waals surface area contributed by atoms with E-state index in [4.69, 9.17) is 21.6 Å². The van der Waals surface area contributed by atoms with E-state index in [1.807, 2.05) is 36.4 Å². The van der Waals surface area contributed by atoms with Gasteiger partial charge in [-0.15, -0.1) is 0 Å². The predicted molar refractivity (Wildman–Crippen MR) is 185 cm³/mol. The Kier molecular flexibility index (Phi) is 8.96. The number of ether oxygens (including phenoxy) is 1. The summed E-state index contributed by atoms with van der Waals surface area (Å²) in [7, 11) is 0. The number of carbonyl (C=O) groups is 3. The molecule has 2 saturated heterocycles. The minimum atomic E-state index is -0.371. The van der Waals surface area contributed by atoms with Crippen LogP contribution in [0.1, 0.15) is 66.9 Å². The van der Waals surface area contributed by atoms with E-state index in [9.17, 15) is 14.4 Å². The lowest BCUT2D eigenvalue weighted by Gasteiger charge is -2.35. The molecule has 246 valence electrons. The number of piperidine rings is 1. The van der Waals surface area contributed by atoms with Crippen LogP contribution < -0.4 is 25.2 Å². The van der Waals surface area contributed by atoms with E-state index in [1.54, 1.807) is 23.1 Å². The third-order valence-corrected chi connectivity index (χ3v) is 10.1.